The summed E-state index contributed by atoms with van der Waals surface area (Å²) in [5.74, 6) is 0.243. The number of nitrogens with two attached hydrogens (primary N) is 1. The monoisotopic (exact) mass is 353 g/mol. The highest BCUT2D eigenvalue weighted by atomic mass is 35.5. The molecule has 0 radical (unpaired) electrons. The number of primary sulfonamides is 1. The zero-order chi connectivity index (χ0) is 17.3. The molecule has 23 heavy (non-hydrogen) atoms. The van der Waals surface area contributed by atoms with E-state index in [0.717, 1.165) is 6.42 Å². The zero-order valence-corrected chi connectivity index (χ0v) is 14.5. The van der Waals surface area contributed by atoms with Crippen LogP contribution >= 0.6 is 11.6 Å². The molecule has 0 spiro atoms. The standard InChI is InChI=1S/C10H11ClO.C7H9NO2S/c11-8-10(12)7-6-9-4-2-1-3-5-9;1-6-4-2-3-5-7(6)11(8,9)10/h1-5H,6-8H2;2-5H,1H3,(H2,8,9,10). The number of Topliss-reactive ketones (excluding diaryl/α,β-unsaturated/α-hetero) is 1. The SMILES string of the molecule is Cc1ccccc1S(N)(=O)=O.O=C(CCl)CCc1ccccc1. The van der Waals surface area contributed by atoms with Crippen molar-refractivity contribution in [3.8, 4) is 0 Å². The molecule has 0 amide bonds. The summed E-state index contributed by atoms with van der Waals surface area (Å²) in [7, 11) is -3.53. The third kappa shape index (κ3) is 7.41. The van der Waals surface area contributed by atoms with Crippen molar-refractivity contribution >= 4 is 27.4 Å². The van der Waals surface area contributed by atoms with Crippen molar-refractivity contribution in [1.82, 2.24) is 0 Å². The van der Waals surface area contributed by atoms with Crippen molar-refractivity contribution in [3.63, 3.8) is 0 Å². The summed E-state index contributed by atoms with van der Waals surface area (Å²) in [5.41, 5.74) is 1.87. The Hall–Kier alpha value is -1.69. The van der Waals surface area contributed by atoms with Crippen LogP contribution in [0.15, 0.2) is 59.5 Å². The molecular weight excluding hydrogens is 334 g/mol. The van der Waals surface area contributed by atoms with E-state index in [9.17, 15) is 13.2 Å². The van der Waals surface area contributed by atoms with Crippen LogP contribution in [-0.2, 0) is 21.2 Å². The highest BCUT2D eigenvalue weighted by Gasteiger charge is 2.08. The average Bonchev–Trinajstić information content (AvgIpc) is 2.53. The molecule has 2 aromatic carbocycles. The molecule has 6 heteroatoms. The Bertz CT molecular complexity index is 731. The maximum Gasteiger partial charge on any atom is 0.238 e. The molecule has 2 aromatic rings. The second-order valence-corrected chi connectivity index (χ2v) is 6.77. The van der Waals surface area contributed by atoms with Gasteiger partial charge in [0.1, 0.15) is 5.78 Å². The van der Waals surface area contributed by atoms with E-state index >= 15 is 0 Å². The van der Waals surface area contributed by atoms with E-state index in [0.29, 0.717) is 12.0 Å². The summed E-state index contributed by atoms with van der Waals surface area (Å²) >= 11 is 5.37. The molecule has 124 valence electrons. The predicted octanol–water partition coefficient (Wildman–Crippen LogP) is 3.07. The fourth-order valence-corrected chi connectivity index (χ4v) is 2.79. The summed E-state index contributed by atoms with van der Waals surface area (Å²) in [5, 5.41) is 4.93. The van der Waals surface area contributed by atoms with Gasteiger partial charge in [-0.25, -0.2) is 13.6 Å². The number of aryl methyl sites for hydroxylation is 2. The first kappa shape index (κ1) is 19.4. The normalized spacial score (nSPS) is 10.6. The van der Waals surface area contributed by atoms with Crippen molar-refractivity contribution in [2.24, 2.45) is 5.14 Å². The largest absolute Gasteiger partial charge is 0.298 e. The zero-order valence-electron chi connectivity index (χ0n) is 12.9. The predicted molar refractivity (Wildman–Crippen MR) is 93.0 cm³/mol. The molecule has 0 aromatic heterocycles. The quantitative estimate of drug-likeness (QED) is 0.839. The molecular formula is C17H20ClNO3S. The Labute approximate surface area is 142 Å². The van der Waals surface area contributed by atoms with E-state index in [1.165, 1.54) is 11.6 Å². The molecule has 0 aliphatic rings. The van der Waals surface area contributed by atoms with Gasteiger partial charge in [-0.05, 0) is 30.5 Å². The van der Waals surface area contributed by atoms with Gasteiger partial charge in [-0.3, -0.25) is 4.79 Å². The first-order chi connectivity index (χ1) is 10.8. The molecule has 4 nitrogen and oxygen atoms in total. The minimum atomic E-state index is -3.53. The van der Waals surface area contributed by atoms with Gasteiger partial charge in [0.05, 0.1) is 10.8 Å². The van der Waals surface area contributed by atoms with Gasteiger partial charge in [0.2, 0.25) is 10.0 Å². The van der Waals surface area contributed by atoms with Crippen LogP contribution < -0.4 is 5.14 Å². The molecule has 0 aliphatic heterocycles. The number of carbonyl (C=O) groups excluding carboxylic acids is 1. The number of hydrogen-bond donors (Lipinski definition) is 1. The minimum Gasteiger partial charge on any atom is -0.298 e. The Balaban J connectivity index is 0.000000231. The number of carbonyl (C=O) groups is 1. The lowest BCUT2D eigenvalue weighted by Gasteiger charge is -2.00. The van der Waals surface area contributed by atoms with E-state index < -0.39 is 10.0 Å². The van der Waals surface area contributed by atoms with Gasteiger partial charge >= 0.3 is 0 Å². The number of hydrogen-bond acceptors (Lipinski definition) is 3. The highest BCUT2D eigenvalue weighted by Crippen LogP contribution is 2.11. The number of sulfonamides is 1. The van der Waals surface area contributed by atoms with Gasteiger partial charge in [-0.15, -0.1) is 11.6 Å². The van der Waals surface area contributed by atoms with E-state index in [1.807, 2.05) is 30.3 Å². The molecule has 0 bridgehead atoms. The second-order valence-electron chi connectivity index (χ2n) is 4.97. The second kappa shape index (κ2) is 9.45. The Morgan fingerprint density at radius 1 is 1.04 bits per heavy atom. The molecule has 0 aliphatic carbocycles. The number of benzene rings is 2. The minimum absolute atomic E-state index is 0.112. The fourth-order valence-electron chi connectivity index (χ4n) is 1.87. The highest BCUT2D eigenvalue weighted by molar-refractivity contribution is 7.89. The third-order valence-corrected chi connectivity index (χ3v) is 4.45. The lowest BCUT2D eigenvalue weighted by molar-refractivity contribution is -0.116. The number of alkyl halides is 1. The first-order valence-electron chi connectivity index (χ1n) is 7.04. The number of rotatable bonds is 5. The Kier molecular flexibility index (Phi) is 7.95. The van der Waals surface area contributed by atoms with Crippen LogP contribution in [0, 0.1) is 6.92 Å². The smallest absolute Gasteiger partial charge is 0.238 e. The van der Waals surface area contributed by atoms with E-state index in [-0.39, 0.29) is 16.6 Å². The van der Waals surface area contributed by atoms with E-state index in [2.05, 4.69) is 0 Å². The summed E-state index contributed by atoms with van der Waals surface area (Å²) in [6, 6.07) is 16.6. The van der Waals surface area contributed by atoms with Gasteiger partial charge in [-0.1, -0.05) is 48.5 Å². The van der Waals surface area contributed by atoms with Crippen LogP contribution in [0.3, 0.4) is 0 Å². The van der Waals surface area contributed by atoms with Crippen LogP contribution in [0.2, 0.25) is 0 Å². The Morgan fingerprint density at radius 2 is 1.61 bits per heavy atom. The van der Waals surface area contributed by atoms with Crippen molar-refractivity contribution in [1.29, 1.82) is 0 Å². The maximum atomic E-state index is 10.9. The molecule has 0 unspecified atom stereocenters. The van der Waals surface area contributed by atoms with Crippen molar-refractivity contribution in [3.05, 3.63) is 65.7 Å². The molecule has 2 N–H and O–H groups in total. The van der Waals surface area contributed by atoms with Crippen molar-refractivity contribution in [2.45, 2.75) is 24.7 Å². The summed E-state index contributed by atoms with van der Waals surface area (Å²) in [6.45, 7) is 1.71. The summed E-state index contributed by atoms with van der Waals surface area (Å²) in [6.07, 6.45) is 1.35. The lowest BCUT2D eigenvalue weighted by atomic mass is 10.1. The van der Waals surface area contributed by atoms with E-state index in [1.54, 1.807) is 25.1 Å². The first-order valence-corrected chi connectivity index (χ1v) is 9.12. The molecule has 0 atom stereocenters. The number of halogens is 1. The topological polar surface area (TPSA) is 77.2 Å². The van der Waals surface area contributed by atoms with Crippen LogP contribution in [0.1, 0.15) is 17.5 Å². The van der Waals surface area contributed by atoms with Crippen LogP contribution in [0.5, 0.6) is 0 Å². The summed E-state index contributed by atoms with van der Waals surface area (Å²) < 4.78 is 21.7. The van der Waals surface area contributed by atoms with Gasteiger partial charge in [-0.2, -0.15) is 0 Å². The summed E-state index contributed by atoms with van der Waals surface area (Å²) in [4.78, 5) is 11.0. The van der Waals surface area contributed by atoms with Gasteiger partial charge in [0, 0.05) is 6.42 Å². The molecule has 0 fully saturated rings. The van der Waals surface area contributed by atoms with Gasteiger partial charge in [0.15, 0.2) is 0 Å². The van der Waals surface area contributed by atoms with E-state index in [4.69, 9.17) is 16.7 Å². The van der Waals surface area contributed by atoms with Crippen LogP contribution in [-0.4, -0.2) is 20.1 Å². The molecule has 2 rings (SSSR count). The maximum absolute atomic E-state index is 10.9. The molecule has 0 saturated heterocycles. The average molecular weight is 354 g/mol. The van der Waals surface area contributed by atoms with Crippen LogP contribution in [0.4, 0.5) is 0 Å². The van der Waals surface area contributed by atoms with Gasteiger partial charge in [0.25, 0.3) is 0 Å². The van der Waals surface area contributed by atoms with Crippen LogP contribution in [0.25, 0.3) is 0 Å². The fraction of sp³-hybridized carbons (Fsp3) is 0.235. The Morgan fingerprint density at radius 3 is 2.09 bits per heavy atom. The lowest BCUT2D eigenvalue weighted by Crippen LogP contribution is -2.13. The third-order valence-electron chi connectivity index (χ3n) is 3.08. The molecule has 0 heterocycles. The number of ketones is 1. The van der Waals surface area contributed by atoms with Crippen molar-refractivity contribution < 1.29 is 13.2 Å². The molecule has 0 saturated carbocycles. The van der Waals surface area contributed by atoms with Gasteiger partial charge < -0.3 is 0 Å². The van der Waals surface area contributed by atoms with Crippen molar-refractivity contribution in [2.75, 3.05) is 5.88 Å².